The van der Waals surface area contributed by atoms with Gasteiger partial charge in [0, 0.05) is 12.0 Å². The molecule has 0 aliphatic heterocycles. The third-order valence-corrected chi connectivity index (χ3v) is 1.89. The molecule has 0 saturated heterocycles. The van der Waals surface area contributed by atoms with Gasteiger partial charge in [-0.3, -0.25) is 0 Å². The minimum Gasteiger partial charge on any atom is -0.446 e. The summed E-state index contributed by atoms with van der Waals surface area (Å²) in [5, 5.41) is 3.43. The summed E-state index contributed by atoms with van der Waals surface area (Å²) >= 11 is 0. The second-order valence-electron chi connectivity index (χ2n) is 4.64. The Morgan fingerprint density at radius 1 is 1.43 bits per heavy atom. The van der Waals surface area contributed by atoms with Crippen LogP contribution in [0.2, 0.25) is 0 Å². The van der Waals surface area contributed by atoms with Crippen molar-refractivity contribution in [1.29, 1.82) is 0 Å². The lowest BCUT2D eigenvalue weighted by Gasteiger charge is -2.19. The molecular formula is C11H20N2O. The Bertz CT molecular complexity index is 273. The van der Waals surface area contributed by atoms with Crippen molar-refractivity contribution in [3.05, 3.63) is 17.8 Å². The van der Waals surface area contributed by atoms with Crippen LogP contribution in [-0.4, -0.2) is 17.1 Å². The molecule has 0 fully saturated rings. The molecule has 0 saturated carbocycles. The molecule has 0 amide bonds. The SMILES string of the molecule is Cc1cnc(CCCNC(C)(C)C)o1. The molecule has 1 heterocycles. The van der Waals surface area contributed by atoms with E-state index in [-0.39, 0.29) is 5.54 Å². The van der Waals surface area contributed by atoms with Crippen LogP contribution >= 0.6 is 0 Å². The summed E-state index contributed by atoms with van der Waals surface area (Å²) in [6, 6.07) is 0. The van der Waals surface area contributed by atoms with Gasteiger partial charge in [0.05, 0.1) is 6.20 Å². The van der Waals surface area contributed by atoms with Crippen LogP contribution in [0.25, 0.3) is 0 Å². The van der Waals surface area contributed by atoms with E-state index in [2.05, 4.69) is 31.1 Å². The predicted molar refractivity (Wildman–Crippen MR) is 57.3 cm³/mol. The number of aromatic nitrogens is 1. The van der Waals surface area contributed by atoms with Gasteiger partial charge in [-0.2, -0.15) is 0 Å². The third-order valence-electron chi connectivity index (χ3n) is 1.89. The van der Waals surface area contributed by atoms with E-state index in [1.807, 2.05) is 6.92 Å². The van der Waals surface area contributed by atoms with Crippen LogP contribution in [0.15, 0.2) is 10.6 Å². The lowest BCUT2D eigenvalue weighted by atomic mass is 10.1. The maximum atomic E-state index is 5.38. The first-order valence-corrected chi connectivity index (χ1v) is 5.14. The molecule has 80 valence electrons. The molecular weight excluding hydrogens is 176 g/mol. The zero-order chi connectivity index (χ0) is 10.6. The van der Waals surface area contributed by atoms with Crippen LogP contribution in [0, 0.1) is 6.92 Å². The van der Waals surface area contributed by atoms with Crippen LogP contribution in [0.3, 0.4) is 0 Å². The quantitative estimate of drug-likeness (QED) is 0.751. The van der Waals surface area contributed by atoms with Gasteiger partial charge in [0.2, 0.25) is 0 Å². The van der Waals surface area contributed by atoms with Crippen molar-refractivity contribution in [1.82, 2.24) is 10.3 Å². The Kier molecular flexibility index (Phi) is 3.69. The first-order valence-electron chi connectivity index (χ1n) is 5.14. The fourth-order valence-corrected chi connectivity index (χ4v) is 1.22. The van der Waals surface area contributed by atoms with E-state index in [1.54, 1.807) is 6.20 Å². The summed E-state index contributed by atoms with van der Waals surface area (Å²) in [5.74, 6) is 1.74. The van der Waals surface area contributed by atoms with Gasteiger partial charge < -0.3 is 9.73 Å². The van der Waals surface area contributed by atoms with Gasteiger partial charge in [-0.1, -0.05) is 0 Å². The van der Waals surface area contributed by atoms with Gasteiger partial charge in [-0.25, -0.2) is 4.98 Å². The third kappa shape index (κ3) is 4.42. The number of hydrogen-bond acceptors (Lipinski definition) is 3. The summed E-state index contributed by atoms with van der Waals surface area (Å²) in [6.45, 7) is 9.43. The molecule has 0 spiro atoms. The number of aryl methyl sites for hydroxylation is 2. The van der Waals surface area contributed by atoms with Gasteiger partial charge in [-0.15, -0.1) is 0 Å². The molecule has 0 bridgehead atoms. The Hall–Kier alpha value is -0.830. The molecule has 1 rings (SSSR count). The molecule has 3 heteroatoms. The Morgan fingerprint density at radius 3 is 2.64 bits per heavy atom. The minimum atomic E-state index is 0.201. The number of rotatable bonds is 4. The average molecular weight is 196 g/mol. The van der Waals surface area contributed by atoms with E-state index >= 15 is 0 Å². The largest absolute Gasteiger partial charge is 0.446 e. The van der Waals surface area contributed by atoms with Gasteiger partial charge in [-0.05, 0) is 40.7 Å². The van der Waals surface area contributed by atoms with Crippen molar-refractivity contribution in [3.8, 4) is 0 Å². The van der Waals surface area contributed by atoms with E-state index in [1.165, 1.54) is 0 Å². The lowest BCUT2D eigenvalue weighted by molar-refractivity contribution is 0.408. The molecule has 1 aromatic rings. The normalized spacial score (nSPS) is 12.0. The number of oxazole rings is 1. The molecule has 0 aromatic carbocycles. The Labute approximate surface area is 85.9 Å². The van der Waals surface area contributed by atoms with Gasteiger partial charge in [0.25, 0.3) is 0 Å². The number of nitrogens with zero attached hydrogens (tertiary/aromatic N) is 1. The van der Waals surface area contributed by atoms with E-state index in [0.717, 1.165) is 31.0 Å². The van der Waals surface area contributed by atoms with E-state index in [0.29, 0.717) is 0 Å². The second kappa shape index (κ2) is 4.60. The van der Waals surface area contributed by atoms with Crippen LogP contribution in [0.4, 0.5) is 0 Å². The summed E-state index contributed by atoms with van der Waals surface area (Å²) in [5.41, 5.74) is 0.201. The van der Waals surface area contributed by atoms with Crippen molar-refractivity contribution in [3.63, 3.8) is 0 Å². The predicted octanol–water partition coefficient (Wildman–Crippen LogP) is 2.30. The van der Waals surface area contributed by atoms with E-state index in [9.17, 15) is 0 Å². The highest BCUT2D eigenvalue weighted by molar-refractivity contribution is 4.90. The minimum absolute atomic E-state index is 0.201. The number of hydrogen-bond donors (Lipinski definition) is 1. The molecule has 1 aromatic heterocycles. The highest BCUT2D eigenvalue weighted by Crippen LogP contribution is 2.04. The summed E-state index contributed by atoms with van der Waals surface area (Å²) < 4.78 is 5.38. The first-order chi connectivity index (χ1) is 6.47. The van der Waals surface area contributed by atoms with Crippen molar-refractivity contribution in [2.45, 2.75) is 46.1 Å². The standard InChI is InChI=1S/C11H20N2O/c1-9-8-12-10(14-9)6-5-7-13-11(2,3)4/h8,13H,5-7H2,1-4H3. The smallest absolute Gasteiger partial charge is 0.194 e. The van der Waals surface area contributed by atoms with Gasteiger partial charge in [0.1, 0.15) is 5.76 Å². The fourth-order valence-electron chi connectivity index (χ4n) is 1.22. The first kappa shape index (κ1) is 11.2. The Balaban J connectivity index is 2.16. The molecule has 3 nitrogen and oxygen atoms in total. The molecule has 0 radical (unpaired) electrons. The fraction of sp³-hybridized carbons (Fsp3) is 0.727. The van der Waals surface area contributed by atoms with Crippen molar-refractivity contribution >= 4 is 0 Å². The summed E-state index contributed by atoms with van der Waals surface area (Å²) in [6.07, 6.45) is 3.75. The zero-order valence-electron chi connectivity index (χ0n) is 9.55. The van der Waals surface area contributed by atoms with E-state index < -0.39 is 0 Å². The molecule has 0 aliphatic carbocycles. The number of nitrogens with one attached hydrogen (secondary N) is 1. The average Bonchev–Trinajstić information content (AvgIpc) is 2.44. The van der Waals surface area contributed by atoms with Gasteiger partial charge >= 0.3 is 0 Å². The Morgan fingerprint density at radius 2 is 2.14 bits per heavy atom. The van der Waals surface area contributed by atoms with Crippen LogP contribution in [-0.2, 0) is 6.42 Å². The summed E-state index contributed by atoms with van der Waals surface area (Å²) in [4.78, 5) is 4.16. The van der Waals surface area contributed by atoms with Crippen molar-refractivity contribution < 1.29 is 4.42 Å². The van der Waals surface area contributed by atoms with Crippen LogP contribution in [0.5, 0.6) is 0 Å². The second-order valence-corrected chi connectivity index (χ2v) is 4.64. The highest BCUT2D eigenvalue weighted by atomic mass is 16.3. The van der Waals surface area contributed by atoms with E-state index in [4.69, 9.17) is 4.42 Å². The molecule has 0 unspecified atom stereocenters. The maximum absolute atomic E-state index is 5.38. The van der Waals surface area contributed by atoms with Crippen molar-refractivity contribution in [2.75, 3.05) is 6.54 Å². The molecule has 0 aliphatic rings. The molecule has 1 N–H and O–H groups in total. The van der Waals surface area contributed by atoms with Crippen molar-refractivity contribution in [2.24, 2.45) is 0 Å². The molecule has 14 heavy (non-hydrogen) atoms. The monoisotopic (exact) mass is 196 g/mol. The van der Waals surface area contributed by atoms with Crippen LogP contribution in [0.1, 0.15) is 38.8 Å². The van der Waals surface area contributed by atoms with Gasteiger partial charge in [0.15, 0.2) is 5.89 Å². The van der Waals surface area contributed by atoms with Crippen LogP contribution < -0.4 is 5.32 Å². The summed E-state index contributed by atoms with van der Waals surface area (Å²) in [7, 11) is 0. The zero-order valence-corrected chi connectivity index (χ0v) is 9.55. The lowest BCUT2D eigenvalue weighted by Crippen LogP contribution is -2.36. The highest BCUT2D eigenvalue weighted by Gasteiger charge is 2.07. The maximum Gasteiger partial charge on any atom is 0.194 e. The topological polar surface area (TPSA) is 38.1 Å². The molecule has 0 atom stereocenters.